The Labute approximate surface area is 214 Å². The summed E-state index contributed by atoms with van der Waals surface area (Å²) >= 11 is 1.43. The molecule has 6 nitrogen and oxygen atoms in total. The van der Waals surface area contributed by atoms with E-state index >= 15 is 0 Å². The summed E-state index contributed by atoms with van der Waals surface area (Å²) in [5.74, 6) is 2.68. The number of hydrogen-bond donors (Lipinski definition) is 1. The average Bonchev–Trinajstić information content (AvgIpc) is 3.33. The molecule has 5 rings (SSSR count). The van der Waals surface area contributed by atoms with Crippen molar-refractivity contribution >= 4 is 22.4 Å². The Bertz CT molecular complexity index is 1390. The third-order valence-electron chi connectivity index (χ3n) is 6.61. The molecule has 0 spiro atoms. The molecular formula is C29H28N2O4S. The van der Waals surface area contributed by atoms with E-state index in [2.05, 4.69) is 10.3 Å². The largest absolute Gasteiger partial charge is 0.497 e. The van der Waals surface area contributed by atoms with Crippen molar-refractivity contribution in [3.8, 4) is 23.0 Å². The van der Waals surface area contributed by atoms with Crippen molar-refractivity contribution < 1.29 is 19.0 Å². The molecule has 0 unspecified atom stereocenters. The standard InChI is InChI=1S/C29H28N2O4S/c1-29(2,26-22-7-5-6-8-24(22)35-25-16-21(34-4)13-14-23(25)26)27(32)31-28-30-19(17-36-28)15-18-9-11-20(33-3)12-10-18/h5-14,16-17,26H,15H2,1-4H3,(H,30,31,32)/t26-/m0/s1. The fourth-order valence-electron chi connectivity index (χ4n) is 4.63. The number of ether oxygens (including phenoxy) is 3. The van der Waals surface area contributed by atoms with E-state index < -0.39 is 5.41 Å². The molecule has 184 valence electrons. The number of nitrogens with zero attached hydrogens (tertiary/aromatic N) is 1. The Morgan fingerprint density at radius 1 is 0.972 bits per heavy atom. The molecule has 1 atom stereocenters. The van der Waals surface area contributed by atoms with E-state index in [0.29, 0.717) is 23.1 Å². The Hall–Kier alpha value is -3.84. The number of amides is 1. The number of benzene rings is 3. The first-order valence-corrected chi connectivity index (χ1v) is 12.6. The normalized spacial score (nSPS) is 14.3. The van der Waals surface area contributed by atoms with Gasteiger partial charge in [0, 0.05) is 34.9 Å². The zero-order chi connectivity index (χ0) is 25.3. The van der Waals surface area contributed by atoms with Crippen LogP contribution in [0.15, 0.2) is 72.1 Å². The van der Waals surface area contributed by atoms with Crippen LogP contribution in [0.3, 0.4) is 0 Å². The van der Waals surface area contributed by atoms with Gasteiger partial charge in [0.2, 0.25) is 5.91 Å². The molecule has 1 N–H and O–H groups in total. The minimum atomic E-state index is -0.787. The number of nitrogens with one attached hydrogen (secondary N) is 1. The number of thiazole rings is 1. The van der Waals surface area contributed by atoms with Gasteiger partial charge < -0.3 is 19.5 Å². The first kappa shape index (κ1) is 23.9. The molecule has 2 heterocycles. The number of fused-ring (bicyclic) bond motifs is 2. The van der Waals surface area contributed by atoms with Crippen molar-refractivity contribution in [2.45, 2.75) is 26.2 Å². The minimum absolute atomic E-state index is 0.101. The third kappa shape index (κ3) is 4.54. The Balaban J connectivity index is 1.39. The third-order valence-corrected chi connectivity index (χ3v) is 7.41. The zero-order valence-corrected chi connectivity index (χ0v) is 21.5. The highest BCUT2D eigenvalue weighted by Gasteiger charge is 2.43. The highest BCUT2D eigenvalue weighted by atomic mass is 32.1. The van der Waals surface area contributed by atoms with Crippen molar-refractivity contribution in [1.29, 1.82) is 0 Å². The second-order valence-electron chi connectivity index (χ2n) is 9.32. The average molecular weight is 501 g/mol. The van der Waals surface area contributed by atoms with Crippen LogP contribution in [-0.4, -0.2) is 25.1 Å². The summed E-state index contributed by atoms with van der Waals surface area (Å²) in [5, 5.41) is 5.65. The van der Waals surface area contributed by atoms with Crippen molar-refractivity contribution in [3.63, 3.8) is 0 Å². The summed E-state index contributed by atoms with van der Waals surface area (Å²) in [7, 11) is 3.28. The summed E-state index contributed by atoms with van der Waals surface area (Å²) in [5.41, 5.74) is 3.19. The first-order valence-electron chi connectivity index (χ1n) is 11.7. The SMILES string of the molecule is COc1ccc(Cc2csc(NC(=O)C(C)(C)[C@H]3c4ccccc4Oc4cc(OC)ccc43)n2)cc1. The highest BCUT2D eigenvalue weighted by Crippen LogP contribution is 2.52. The highest BCUT2D eigenvalue weighted by molar-refractivity contribution is 7.13. The lowest BCUT2D eigenvalue weighted by Gasteiger charge is -2.38. The van der Waals surface area contributed by atoms with E-state index in [-0.39, 0.29) is 11.8 Å². The van der Waals surface area contributed by atoms with Crippen molar-refractivity contribution in [1.82, 2.24) is 4.98 Å². The molecule has 0 aliphatic carbocycles. The van der Waals surface area contributed by atoms with E-state index in [1.54, 1.807) is 14.2 Å². The number of hydrogen-bond acceptors (Lipinski definition) is 6. The van der Waals surface area contributed by atoms with Crippen LogP contribution in [0.5, 0.6) is 23.0 Å². The van der Waals surface area contributed by atoms with E-state index in [4.69, 9.17) is 14.2 Å². The van der Waals surface area contributed by atoms with Crippen LogP contribution in [-0.2, 0) is 11.2 Å². The lowest BCUT2D eigenvalue weighted by molar-refractivity contribution is -0.124. The summed E-state index contributed by atoms with van der Waals surface area (Å²) in [4.78, 5) is 18.4. The fraction of sp³-hybridized carbons (Fsp3) is 0.241. The molecule has 4 aromatic rings. The number of rotatable bonds is 7. The van der Waals surface area contributed by atoms with Gasteiger partial charge in [0.15, 0.2) is 5.13 Å². The number of carbonyl (C=O) groups is 1. The first-order chi connectivity index (χ1) is 17.4. The second-order valence-corrected chi connectivity index (χ2v) is 10.2. The van der Waals surface area contributed by atoms with Crippen LogP contribution in [0.1, 0.15) is 42.1 Å². The predicted octanol–water partition coefficient (Wildman–Crippen LogP) is 6.65. The summed E-state index contributed by atoms with van der Waals surface area (Å²) in [6.45, 7) is 3.93. The van der Waals surface area contributed by atoms with Crippen LogP contribution in [0, 0.1) is 5.41 Å². The molecular weight excluding hydrogens is 472 g/mol. The van der Waals surface area contributed by atoms with Gasteiger partial charge in [-0.25, -0.2) is 4.98 Å². The van der Waals surface area contributed by atoms with Crippen molar-refractivity contribution in [2.75, 3.05) is 19.5 Å². The Morgan fingerprint density at radius 3 is 2.42 bits per heavy atom. The molecule has 0 fully saturated rings. The smallest absolute Gasteiger partial charge is 0.232 e. The summed E-state index contributed by atoms with van der Waals surface area (Å²) in [6.07, 6.45) is 0.683. The quantitative estimate of drug-likeness (QED) is 0.308. The molecule has 0 bridgehead atoms. The molecule has 0 saturated heterocycles. The van der Waals surface area contributed by atoms with Gasteiger partial charge >= 0.3 is 0 Å². The van der Waals surface area contributed by atoms with Gasteiger partial charge in [-0.05, 0) is 29.8 Å². The molecule has 1 aromatic heterocycles. The lowest BCUT2D eigenvalue weighted by Crippen LogP contribution is -2.38. The predicted molar refractivity (Wildman–Crippen MR) is 142 cm³/mol. The van der Waals surface area contributed by atoms with Crippen molar-refractivity contribution in [3.05, 3.63) is 94.5 Å². The van der Waals surface area contributed by atoms with E-state index in [9.17, 15) is 4.79 Å². The minimum Gasteiger partial charge on any atom is -0.497 e. The maximum atomic E-state index is 13.7. The van der Waals surface area contributed by atoms with Gasteiger partial charge in [-0.3, -0.25) is 4.79 Å². The summed E-state index contributed by atoms with van der Waals surface area (Å²) in [6, 6.07) is 21.6. The van der Waals surface area contributed by atoms with Gasteiger partial charge in [-0.15, -0.1) is 11.3 Å². The number of aromatic nitrogens is 1. The van der Waals surface area contributed by atoms with Crippen LogP contribution in [0.2, 0.25) is 0 Å². The van der Waals surface area contributed by atoms with Gasteiger partial charge in [0.05, 0.1) is 25.3 Å². The van der Waals surface area contributed by atoms with Gasteiger partial charge in [0.1, 0.15) is 23.0 Å². The van der Waals surface area contributed by atoms with E-state index in [0.717, 1.165) is 33.9 Å². The number of methoxy groups -OCH3 is 2. The molecule has 1 aliphatic rings. The van der Waals surface area contributed by atoms with Gasteiger partial charge in [-0.1, -0.05) is 50.2 Å². The van der Waals surface area contributed by atoms with E-state index in [1.165, 1.54) is 11.3 Å². The molecule has 0 saturated carbocycles. The molecule has 1 aliphatic heterocycles. The van der Waals surface area contributed by atoms with E-state index in [1.807, 2.05) is 86.0 Å². The lowest BCUT2D eigenvalue weighted by atomic mass is 9.69. The number of anilines is 1. The molecule has 7 heteroatoms. The molecule has 3 aromatic carbocycles. The molecule has 1 amide bonds. The number of para-hydroxylation sites is 1. The number of carbonyl (C=O) groups excluding carboxylic acids is 1. The van der Waals surface area contributed by atoms with Crippen molar-refractivity contribution in [2.24, 2.45) is 5.41 Å². The zero-order valence-electron chi connectivity index (χ0n) is 20.7. The fourth-order valence-corrected chi connectivity index (χ4v) is 5.34. The Kier molecular flexibility index (Phi) is 6.41. The monoisotopic (exact) mass is 500 g/mol. The maximum absolute atomic E-state index is 13.7. The molecule has 0 radical (unpaired) electrons. The topological polar surface area (TPSA) is 69.7 Å². The van der Waals surface area contributed by atoms with Gasteiger partial charge in [-0.2, -0.15) is 0 Å². The van der Waals surface area contributed by atoms with Crippen LogP contribution < -0.4 is 19.5 Å². The second kappa shape index (κ2) is 9.66. The molecule has 36 heavy (non-hydrogen) atoms. The van der Waals surface area contributed by atoms with Crippen LogP contribution in [0.25, 0.3) is 0 Å². The summed E-state index contributed by atoms with van der Waals surface area (Å²) < 4.78 is 16.8. The van der Waals surface area contributed by atoms with Crippen LogP contribution in [0.4, 0.5) is 5.13 Å². The van der Waals surface area contributed by atoms with Crippen LogP contribution >= 0.6 is 11.3 Å². The maximum Gasteiger partial charge on any atom is 0.232 e. The Morgan fingerprint density at radius 2 is 1.67 bits per heavy atom. The van der Waals surface area contributed by atoms with Gasteiger partial charge in [0.25, 0.3) is 0 Å².